The van der Waals surface area contributed by atoms with Crippen LogP contribution in [0, 0.1) is 24.0 Å². The summed E-state index contributed by atoms with van der Waals surface area (Å²) in [7, 11) is 0. The Balaban J connectivity index is 2.81. The van der Waals surface area contributed by atoms with Crippen LogP contribution in [-0.4, -0.2) is 23.0 Å². The lowest BCUT2D eigenvalue weighted by atomic mass is 10.1. The summed E-state index contributed by atoms with van der Waals surface area (Å²) in [5.41, 5.74) is 1.37. The molecule has 0 radical (unpaired) electrons. The van der Waals surface area contributed by atoms with Crippen LogP contribution in [0.2, 0.25) is 0 Å². The van der Waals surface area contributed by atoms with Crippen molar-refractivity contribution < 1.29 is 14.5 Å². The van der Waals surface area contributed by atoms with Crippen molar-refractivity contribution in [3.05, 3.63) is 33.4 Å². The van der Waals surface area contributed by atoms with Crippen LogP contribution in [0.5, 0.6) is 0 Å². The van der Waals surface area contributed by atoms with Crippen molar-refractivity contribution in [1.82, 2.24) is 0 Å². The number of nitrogens with one attached hydrogen (secondary N) is 1. The van der Waals surface area contributed by atoms with Gasteiger partial charge in [-0.3, -0.25) is 14.9 Å². The van der Waals surface area contributed by atoms with Crippen molar-refractivity contribution in [2.45, 2.75) is 40.2 Å². The topological polar surface area (TPSA) is 81.5 Å². The molecule has 1 aromatic carbocycles. The summed E-state index contributed by atoms with van der Waals surface area (Å²) in [6, 6.07) is 3.05. The van der Waals surface area contributed by atoms with Gasteiger partial charge in [0.2, 0.25) is 5.91 Å². The number of carbonyl (C=O) groups excluding carboxylic acids is 1. The third-order valence-corrected chi connectivity index (χ3v) is 2.65. The molecule has 1 aromatic rings. The summed E-state index contributed by atoms with van der Waals surface area (Å²) in [4.78, 5) is 22.2. The van der Waals surface area contributed by atoms with E-state index in [1.807, 2.05) is 20.8 Å². The molecular formula is C14H20N2O4. The minimum atomic E-state index is -0.434. The van der Waals surface area contributed by atoms with E-state index in [1.54, 1.807) is 19.9 Å². The molecule has 0 unspecified atom stereocenters. The molecule has 0 saturated carbocycles. The molecular weight excluding hydrogens is 260 g/mol. The number of nitro groups is 1. The Morgan fingerprint density at radius 2 is 1.90 bits per heavy atom. The van der Waals surface area contributed by atoms with Crippen LogP contribution in [0.3, 0.4) is 0 Å². The predicted molar refractivity (Wildman–Crippen MR) is 76.9 cm³/mol. The van der Waals surface area contributed by atoms with Gasteiger partial charge >= 0.3 is 0 Å². The minimum absolute atomic E-state index is 0.0476. The van der Waals surface area contributed by atoms with Crippen LogP contribution in [-0.2, 0) is 9.53 Å². The quantitative estimate of drug-likeness (QED) is 0.679. The number of anilines is 1. The molecule has 0 heterocycles. The number of amides is 1. The first-order valence-electron chi connectivity index (χ1n) is 6.29. The fourth-order valence-electron chi connectivity index (χ4n) is 1.60. The van der Waals surface area contributed by atoms with E-state index in [0.717, 1.165) is 0 Å². The van der Waals surface area contributed by atoms with E-state index in [2.05, 4.69) is 5.32 Å². The molecule has 0 bridgehead atoms. The van der Waals surface area contributed by atoms with E-state index in [9.17, 15) is 14.9 Å². The van der Waals surface area contributed by atoms with Crippen LogP contribution >= 0.6 is 0 Å². The van der Waals surface area contributed by atoms with Gasteiger partial charge in [-0.25, -0.2) is 0 Å². The molecule has 0 aliphatic carbocycles. The summed E-state index contributed by atoms with van der Waals surface area (Å²) in [5, 5.41) is 13.5. The molecule has 1 rings (SSSR count). The van der Waals surface area contributed by atoms with Gasteiger partial charge in [-0.2, -0.15) is 0 Å². The number of nitro benzene ring substituents is 1. The second-order valence-corrected chi connectivity index (χ2v) is 5.66. The van der Waals surface area contributed by atoms with Gasteiger partial charge in [0.15, 0.2) is 0 Å². The Bertz CT molecular complexity index is 533. The van der Waals surface area contributed by atoms with Crippen LogP contribution in [0.15, 0.2) is 12.1 Å². The molecule has 0 atom stereocenters. The van der Waals surface area contributed by atoms with Crippen LogP contribution in [0.25, 0.3) is 0 Å². The summed E-state index contributed by atoms with van der Waals surface area (Å²) in [6.45, 7) is 8.88. The van der Waals surface area contributed by atoms with Gasteiger partial charge < -0.3 is 10.1 Å². The maximum atomic E-state index is 11.8. The molecule has 0 fully saturated rings. The van der Waals surface area contributed by atoms with Gasteiger partial charge in [-0.15, -0.1) is 0 Å². The zero-order chi connectivity index (χ0) is 15.5. The number of hydrogen-bond acceptors (Lipinski definition) is 4. The lowest BCUT2D eigenvalue weighted by Gasteiger charge is -2.19. The number of carbonyl (C=O) groups is 1. The second kappa shape index (κ2) is 6.00. The highest BCUT2D eigenvalue weighted by molar-refractivity contribution is 5.92. The lowest BCUT2D eigenvalue weighted by Crippen LogP contribution is -2.27. The van der Waals surface area contributed by atoms with E-state index in [0.29, 0.717) is 16.8 Å². The van der Waals surface area contributed by atoms with E-state index < -0.39 is 10.5 Å². The fraction of sp³-hybridized carbons (Fsp3) is 0.500. The van der Waals surface area contributed by atoms with E-state index in [1.165, 1.54) is 6.07 Å². The van der Waals surface area contributed by atoms with Crippen LogP contribution < -0.4 is 5.32 Å². The first-order chi connectivity index (χ1) is 9.10. The predicted octanol–water partition coefficient (Wildman–Crippen LogP) is 2.97. The summed E-state index contributed by atoms with van der Waals surface area (Å²) < 4.78 is 5.38. The molecule has 0 spiro atoms. The smallest absolute Gasteiger partial charge is 0.272 e. The second-order valence-electron chi connectivity index (χ2n) is 5.66. The van der Waals surface area contributed by atoms with Crippen molar-refractivity contribution >= 4 is 17.3 Å². The van der Waals surface area contributed by atoms with Gasteiger partial charge in [-0.05, 0) is 46.2 Å². The molecule has 20 heavy (non-hydrogen) atoms. The fourth-order valence-corrected chi connectivity index (χ4v) is 1.60. The van der Waals surface area contributed by atoms with E-state index in [4.69, 9.17) is 4.74 Å². The molecule has 6 heteroatoms. The third kappa shape index (κ3) is 4.62. The molecule has 0 aliphatic heterocycles. The molecule has 0 aliphatic rings. The SMILES string of the molecule is Cc1cc([N+](=O)[O-])c(C)cc1NC(=O)COC(C)(C)C. The molecule has 1 N–H and O–H groups in total. The van der Waals surface area contributed by atoms with Crippen LogP contribution in [0.1, 0.15) is 31.9 Å². The van der Waals surface area contributed by atoms with E-state index >= 15 is 0 Å². The molecule has 0 aromatic heterocycles. The lowest BCUT2D eigenvalue weighted by molar-refractivity contribution is -0.385. The highest BCUT2D eigenvalue weighted by Gasteiger charge is 2.16. The van der Waals surface area contributed by atoms with E-state index in [-0.39, 0.29) is 18.2 Å². The zero-order valence-electron chi connectivity index (χ0n) is 12.4. The first-order valence-corrected chi connectivity index (χ1v) is 6.29. The van der Waals surface area contributed by atoms with Gasteiger partial charge in [0.05, 0.1) is 10.5 Å². The standard InChI is InChI=1S/C14H20N2O4/c1-9-7-12(16(18)19)10(2)6-11(9)15-13(17)8-20-14(3,4)5/h6-7H,8H2,1-5H3,(H,15,17). The van der Waals surface area contributed by atoms with Gasteiger partial charge in [0.25, 0.3) is 5.69 Å². The highest BCUT2D eigenvalue weighted by Crippen LogP contribution is 2.25. The van der Waals surface area contributed by atoms with Crippen molar-refractivity contribution in [2.24, 2.45) is 0 Å². The Hall–Kier alpha value is -1.95. The Kier molecular flexibility index (Phi) is 4.83. The number of aryl methyl sites for hydroxylation is 2. The summed E-state index contributed by atoms with van der Waals surface area (Å²) in [5.74, 6) is -0.281. The first kappa shape index (κ1) is 16.1. The average molecular weight is 280 g/mol. The molecule has 6 nitrogen and oxygen atoms in total. The van der Waals surface area contributed by atoms with Crippen molar-refractivity contribution in [1.29, 1.82) is 0 Å². The minimum Gasteiger partial charge on any atom is -0.366 e. The highest BCUT2D eigenvalue weighted by atomic mass is 16.6. The maximum absolute atomic E-state index is 11.8. The normalized spacial score (nSPS) is 11.2. The summed E-state index contributed by atoms with van der Waals surface area (Å²) in [6.07, 6.45) is 0. The van der Waals surface area contributed by atoms with Crippen molar-refractivity contribution in [3.8, 4) is 0 Å². The number of benzene rings is 1. The van der Waals surface area contributed by atoms with Crippen molar-refractivity contribution in [2.75, 3.05) is 11.9 Å². The number of rotatable bonds is 4. The van der Waals surface area contributed by atoms with Gasteiger partial charge in [-0.1, -0.05) is 0 Å². The Morgan fingerprint density at radius 3 is 2.40 bits per heavy atom. The molecule has 110 valence electrons. The largest absolute Gasteiger partial charge is 0.366 e. The Morgan fingerprint density at radius 1 is 1.30 bits per heavy atom. The monoisotopic (exact) mass is 280 g/mol. The number of nitrogens with zero attached hydrogens (tertiary/aromatic N) is 1. The number of ether oxygens (including phenoxy) is 1. The third-order valence-electron chi connectivity index (χ3n) is 2.65. The molecule has 1 amide bonds. The Labute approximate surface area is 118 Å². The zero-order valence-corrected chi connectivity index (χ0v) is 12.4. The van der Waals surface area contributed by atoms with Gasteiger partial charge in [0, 0.05) is 17.3 Å². The van der Waals surface area contributed by atoms with Gasteiger partial charge in [0.1, 0.15) is 6.61 Å². The van der Waals surface area contributed by atoms with Crippen molar-refractivity contribution in [3.63, 3.8) is 0 Å². The summed E-state index contributed by atoms with van der Waals surface area (Å²) >= 11 is 0. The number of hydrogen-bond donors (Lipinski definition) is 1. The average Bonchev–Trinajstić information content (AvgIpc) is 2.29. The maximum Gasteiger partial charge on any atom is 0.272 e. The molecule has 0 saturated heterocycles. The van der Waals surface area contributed by atoms with Crippen LogP contribution in [0.4, 0.5) is 11.4 Å².